The second kappa shape index (κ2) is 12.0. The van der Waals surface area contributed by atoms with E-state index in [9.17, 15) is 4.79 Å². The zero-order valence-electron chi connectivity index (χ0n) is 10.3. The van der Waals surface area contributed by atoms with Crippen LogP contribution in [0.5, 0.6) is 0 Å². The summed E-state index contributed by atoms with van der Waals surface area (Å²) in [6.07, 6.45) is 16.5. The molecule has 1 N–H and O–H groups in total. The third-order valence-corrected chi connectivity index (χ3v) is 2.38. The van der Waals surface area contributed by atoms with E-state index in [0.717, 1.165) is 32.1 Å². The van der Waals surface area contributed by atoms with Crippen molar-refractivity contribution in [3.8, 4) is 0 Å². The zero-order valence-corrected chi connectivity index (χ0v) is 10.3. The Balaban J connectivity index is 3.12. The molecule has 2 nitrogen and oxygen atoms in total. The Morgan fingerprint density at radius 3 is 2.31 bits per heavy atom. The van der Waals surface area contributed by atoms with Gasteiger partial charge in [0.1, 0.15) is 0 Å². The summed E-state index contributed by atoms with van der Waals surface area (Å²) in [7, 11) is 0. The predicted octanol–water partition coefficient (Wildman–Crippen LogP) is 4.32. The number of carboxylic acid groups (broad SMARTS) is 1. The zero-order chi connectivity index (χ0) is 12.1. The van der Waals surface area contributed by atoms with E-state index in [2.05, 4.69) is 31.2 Å². The van der Waals surface area contributed by atoms with Gasteiger partial charge in [0.2, 0.25) is 0 Å². The van der Waals surface area contributed by atoms with Gasteiger partial charge < -0.3 is 5.11 Å². The average molecular weight is 224 g/mol. The first-order chi connectivity index (χ1) is 7.77. The highest BCUT2D eigenvalue weighted by Gasteiger charge is 1.95. The lowest BCUT2D eigenvalue weighted by molar-refractivity contribution is -0.137. The number of carboxylic acids is 1. The molecule has 0 unspecified atom stereocenters. The first kappa shape index (κ1) is 14.9. The fourth-order valence-corrected chi connectivity index (χ4v) is 1.46. The van der Waals surface area contributed by atoms with Crippen molar-refractivity contribution < 1.29 is 9.90 Å². The highest BCUT2D eigenvalue weighted by Crippen LogP contribution is 2.07. The maximum absolute atomic E-state index is 10.2. The molecular formula is C14H24O2. The third-order valence-electron chi connectivity index (χ3n) is 2.38. The van der Waals surface area contributed by atoms with Crippen molar-refractivity contribution in [1.82, 2.24) is 0 Å². The normalized spacial score (nSPS) is 11.6. The Kier molecular flexibility index (Phi) is 11.2. The molecule has 0 aromatic carbocycles. The van der Waals surface area contributed by atoms with Crippen LogP contribution in [0.2, 0.25) is 0 Å². The molecule has 0 fully saturated rings. The summed E-state index contributed by atoms with van der Waals surface area (Å²) < 4.78 is 0. The van der Waals surface area contributed by atoms with Crippen molar-refractivity contribution in [1.29, 1.82) is 0 Å². The number of aliphatic carboxylic acids is 1. The number of unbranched alkanes of at least 4 members (excludes halogenated alkanes) is 5. The highest BCUT2D eigenvalue weighted by atomic mass is 16.4. The number of hydrogen-bond acceptors (Lipinski definition) is 1. The molecule has 0 spiro atoms. The third kappa shape index (κ3) is 12.9. The largest absolute Gasteiger partial charge is 0.481 e. The molecule has 0 saturated heterocycles. The molecule has 0 aliphatic heterocycles. The van der Waals surface area contributed by atoms with E-state index >= 15 is 0 Å². The molecule has 0 amide bonds. The second-order valence-corrected chi connectivity index (χ2v) is 3.96. The van der Waals surface area contributed by atoms with Gasteiger partial charge in [-0.1, -0.05) is 50.5 Å². The minimum atomic E-state index is -0.675. The molecule has 0 atom stereocenters. The number of allylic oxidation sites excluding steroid dienone is 4. The van der Waals surface area contributed by atoms with Gasteiger partial charge in [-0.15, -0.1) is 0 Å². The molecule has 0 radical (unpaired) electrons. The van der Waals surface area contributed by atoms with Gasteiger partial charge in [0.05, 0.1) is 0 Å². The molecule has 0 aliphatic rings. The summed E-state index contributed by atoms with van der Waals surface area (Å²) in [5.41, 5.74) is 0. The van der Waals surface area contributed by atoms with Crippen LogP contribution in [0.4, 0.5) is 0 Å². The summed E-state index contributed by atoms with van der Waals surface area (Å²) in [6, 6.07) is 0. The molecule has 16 heavy (non-hydrogen) atoms. The first-order valence-electron chi connectivity index (χ1n) is 6.30. The quantitative estimate of drug-likeness (QED) is 0.443. The SMILES string of the molecule is CCC=C/C=C/CCCCCCCC(=O)O. The fourth-order valence-electron chi connectivity index (χ4n) is 1.46. The van der Waals surface area contributed by atoms with Gasteiger partial charge in [-0.2, -0.15) is 0 Å². The standard InChI is InChI=1S/C14H24O2/c1-2-3-4-5-6-7-8-9-10-11-12-13-14(15)16/h3-6H,2,7-13H2,1H3,(H,15,16)/b4-3?,6-5+. The Hall–Kier alpha value is -1.05. The monoisotopic (exact) mass is 224 g/mol. The average Bonchev–Trinajstić information content (AvgIpc) is 2.25. The minimum absolute atomic E-state index is 0.321. The Labute approximate surface area is 99.1 Å². The molecule has 0 heterocycles. The van der Waals surface area contributed by atoms with Crippen LogP contribution in [0.25, 0.3) is 0 Å². The second-order valence-electron chi connectivity index (χ2n) is 3.96. The minimum Gasteiger partial charge on any atom is -0.481 e. The molecule has 0 aromatic rings. The molecule has 92 valence electrons. The van der Waals surface area contributed by atoms with Gasteiger partial charge >= 0.3 is 5.97 Å². The number of rotatable bonds is 10. The van der Waals surface area contributed by atoms with E-state index < -0.39 is 5.97 Å². The Bertz CT molecular complexity index is 217. The molecule has 0 aliphatic carbocycles. The smallest absolute Gasteiger partial charge is 0.303 e. The summed E-state index contributed by atoms with van der Waals surface area (Å²) in [6.45, 7) is 2.13. The van der Waals surface area contributed by atoms with Crippen LogP contribution >= 0.6 is 0 Å². The fraction of sp³-hybridized carbons (Fsp3) is 0.643. The summed E-state index contributed by atoms with van der Waals surface area (Å²) in [5.74, 6) is -0.675. The van der Waals surface area contributed by atoms with Crippen molar-refractivity contribution in [2.45, 2.75) is 58.3 Å². The van der Waals surface area contributed by atoms with Gasteiger partial charge in [-0.3, -0.25) is 4.79 Å². The van der Waals surface area contributed by atoms with E-state index in [-0.39, 0.29) is 0 Å². The van der Waals surface area contributed by atoms with Crippen LogP contribution in [0.3, 0.4) is 0 Å². The van der Waals surface area contributed by atoms with Crippen LogP contribution in [-0.2, 0) is 4.79 Å². The first-order valence-corrected chi connectivity index (χ1v) is 6.30. The summed E-state index contributed by atoms with van der Waals surface area (Å²) >= 11 is 0. The maximum Gasteiger partial charge on any atom is 0.303 e. The van der Waals surface area contributed by atoms with Gasteiger partial charge in [-0.05, 0) is 25.7 Å². The van der Waals surface area contributed by atoms with Gasteiger partial charge in [0, 0.05) is 6.42 Å². The van der Waals surface area contributed by atoms with Crippen molar-refractivity contribution in [3.63, 3.8) is 0 Å². The lowest BCUT2D eigenvalue weighted by Gasteiger charge is -1.97. The maximum atomic E-state index is 10.2. The molecule has 0 aromatic heterocycles. The lowest BCUT2D eigenvalue weighted by Crippen LogP contribution is -1.93. The summed E-state index contributed by atoms with van der Waals surface area (Å²) in [4.78, 5) is 10.2. The Morgan fingerprint density at radius 1 is 1.00 bits per heavy atom. The van der Waals surface area contributed by atoms with Crippen LogP contribution in [0, 0.1) is 0 Å². The number of hydrogen-bond donors (Lipinski definition) is 1. The highest BCUT2D eigenvalue weighted by molar-refractivity contribution is 5.66. The topological polar surface area (TPSA) is 37.3 Å². The van der Waals surface area contributed by atoms with Crippen molar-refractivity contribution in [2.24, 2.45) is 0 Å². The van der Waals surface area contributed by atoms with Gasteiger partial charge in [0.15, 0.2) is 0 Å². The van der Waals surface area contributed by atoms with E-state index in [0.29, 0.717) is 6.42 Å². The van der Waals surface area contributed by atoms with E-state index in [1.54, 1.807) is 0 Å². The summed E-state index contributed by atoms with van der Waals surface area (Å²) in [5, 5.41) is 8.44. The van der Waals surface area contributed by atoms with E-state index in [1.807, 2.05) is 0 Å². The lowest BCUT2D eigenvalue weighted by atomic mass is 10.1. The van der Waals surface area contributed by atoms with Crippen LogP contribution in [0.1, 0.15) is 58.3 Å². The van der Waals surface area contributed by atoms with Gasteiger partial charge in [-0.25, -0.2) is 0 Å². The van der Waals surface area contributed by atoms with E-state index in [4.69, 9.17) is 5.11 Å². The predicted molar refractivity (Wildman–Crippen MR) is 68.5 cm³/mol. The Morgan fingerprint density at radius 2 is 1.62 bits per heavy atom. The van der Waals surface area contributed by atoms with Crippen molar-refractivity contribution >= 4 is 5.97 Å². The van der Waals surface area contributed by atoms with Crippen LogP contribution < -0.4 is 0 Å². The molecule has 0 saturated carbocycles. The molecule has 2 heteroatoms. The molecule has 0 bridgehead atoms. The van der Waals surface area contributed by atoms with E-state index in [1.165, 1.54) is 12.8 Å². The molecular weight excluding hydrogens is 200 g/mol. The van der Waals surface area contributed by atoms with Crippen LogP contribution in [0.15, 0.2) is 24.3 Å². The van der Waals surface area contributed by atoms with Crippen LogP contribution in [-0.4, -0.2) is 11.1 Å². The molecule has 0 rings (SSSR count). The number of carbonyl (C=O) groups is 1. The van der Waals surface area contributed by atoms with Crippen molar-refractivity contribution in [2.75, 3.05) is 0 Å². The van der Waals surface area contributed by atoms with Crippen molar-refractivity contribution in [3.05, 3.63) is 24.3 Å². The van der Waals surface area contributed by atoms with Gasteiger partial charge in [0.25, 0.3) is 0 Å².